The third-order valence-corrected chi connectivity index (χ3v) is 5.87. The van der Waals surface area contributed by atoms with Crippen molar-refractivity contribution in [3.63, 3.8) is 0 Å². The predicted molar refractivity (Wildman–Crippen MR) is 96.5 cm³/mol. The van der Waals surface area contributed by atoms with Gasteiger partial charge in [0.2, 0.25) is 11.1 Å². The summed E-state index contributed by atoms with van der Waals surface area (Å²) in [6.45, 7) is 2.04. The summed E-state index contributed by atoms with van der Waals surface area (Å²) in [5.41, 5.74) is 4.10. The first-order valence-corrected chi connectivity index (χ1v) is 10.0. The molecule has 132 valence electrons. The molecular formula is C18H23N5OS. The van der Waals surface area contributed by atoms with Gasteiger partial charge in [0.1, 0.15) is 0 Å². The van der Waals surface area contributed by atoms with Crippen molar-refractivity contribution in [3.05, 3.63) is 34.9 Å². The molecule has 1 aromatic heterocycles. The maximum Gasteiger partial charge on any atom is 0.230 e. The number of thioether (sulfide) groups is 1. The zero-order valence-electron chi connectivity index (χ0n) is 14.4. The summed E-state index contributed by atoms with van der Waals surface area (Å²) in [6.07, 6.45) is 7.15. The van der Waals surface area contributed by atoms with Gasteiger partial charge in [0, 0.05) is 0 Å². The molecule has 1 heterocycles. The van der Waals surface area contributed by atoms with Crippen LogP contribution in [0.4, 0.5) is 0 Å². The van der Waals surface area contributed by atoms with E-state index in [4.69, 9.17) is 0 Å². The predicted octanol–water partition coefficient (Wildman–Crippen LogP) is 2.86. The van der Waals surface area contributed by atoms with Crippen LogP contribution >= 0.6 is 11.8 Å². The monoisotopic (exact) mass is 357 g/mol. The lowest BCUT2D eigenvalue weighted by atomic mass is 9.89. The molecule has 1 saturated carbocycles. The number of amides is 1. The lowest BCUT2D eigenvalue weighted by molar-refractivity contribution is -0.119. The number of hydrogen-bond acceptors (Lipinski definition) is 5. The van der Waals surface area contributed by atoms with Gasteiger partial charge in [-0.15, -0.1) is 5.10 Å². The van der Waals surface area contributed by atoms with Gasteiger partial charge in [-0.2, -0.15) is 0 Å². The van der Waals surface area contributed by atoms with Crippen molar-refractivity contribution in [2.75, 3.05) is 5.75 Å². The van der Waals surface area contributed by atoms with Gasteiger partial charge in [0.05, 0.1) is 17.8 Å². The summed E-state index contributed by atoms with van der Waals surface area (Å²) in [6, 6.07) is 7.08. The minimum Gasteiger partial charge on any atom is -0.349 e. The van der Waals surface area contributed by atoms with E-state index in [9.17, 15) is 4.79 Å². The molecule has 1 amide bonds. The van der Waals surface area contributed by atoms with E-state index in [0.29, 0.717) is 11.8 Å². The summed E-state index contributed by atoms with van der Waals surface area (Å²) < 4.78 is 1.84. The van der Waals surface area contributed by atoms with Crippen LogP contribution in [0.1, 0.15) is 61.4 Å². The van der Waals surface area contributed by atoms with E-state index >= 15 is 0 Å². The number of rotatable bonds is 6. The van der Waals surface area contributed by atoms with Crippen LogP contribution in [0.5, 0.6) is 0 Å². The quantitative estimate of drug-likeness (QED) is 0.805. The molecule has 0 radical (unpaired) electrons. The van der Waals surface area contributed by atoms with Gasteiger partial charge in [-0.3, -0.25) is 4.79 Å². The minimum atomic E-state index is 0.0137. The van der Waals surface area contributed by atoms with Crippen molar-refractivity contribution >= 4 is 17.7 Å². The van der Waals surface area contributed by atoms with Crippen molar-refractivity contribution in [2.24, 2.45) is 0 Å². The Labute approximate surface area is 151 Å². The molecule has 0 bridgehead atoms. The number of nitrogens with one attached hydrogen (secondary N) is 1. The molecule has 0 aliphatic heterocycles. The lowest BCUT2D eigenvalue weighted by Gasteiger charge is -2.20. The first kappa shape index (κ1) is 16.6. The fraction of sp³-hybridized carbons (Fsp3) is 0.556. The first-order chi connectivity index (χ1) is 12.2. The number of fused-ring (bicyclic) bond motifs is 1. The van der Waals surface area contributed by atoms with E-state index in [1.165, 1.54) is 47.7 Å². The number of carbonyl (C=O) groups excluding carboxylic acids is 1. The second-order valence-electron chi connectivity index (χ2n) is 6.95. The zero-order chi connectivity index (χ0) is 17.2. The Morgan fingerprint density at radius 1 is 1.32 bits per heavy atom. The van der Waals surface area contributed by atoms with Crippen LogP contribution in [0.25, 0.3) is 0 Å². The number of nitrogens with zero attached hydrogens (tertiary/aromatic N) is 4. The van der Waals surface area contributed by atoms with Crippen LogP contribution in [0.2, 0.25) is 0 Å². The van der Waals surface area contributed by atoms with Gasteiger partial charge in [0.15, 0.2) is 0 Å². The molecule has 7 heteroatoms. The molecule has 2 aromatic rings. The molecule has 1 atom stereocenters. The number of carbonyl (C=O) groups is 1. The number of benzene rings is 1. The molecule has 1 fully saturated rings. The number of aromatic nitrogens is 4. The number of tetrazole rings is 1. The Kier molecular flexibility index (Phi) is 4.74. The molecule has 6 nitrogen and oxygen atoms in total. The molecule has 0 saturated heterocycles. The van der Waals surface area contributed by atoms with Crippen molar-refractivity contribution in [3.8, 4) is 0 Å². The van der Waals surface area contributed by atoms with Gasteiger partial charge >= 0.3 is 0 Å². The van der Waals surface area contributed by atoms with Crippen molar-refractivity contribution in [1.82, 2.24) is 25.5 Å². The summed E-state index contributed by atoms with van der Waals surface area (Å²) >= 11 is 1.40. The molecule has 2 aliphatic carbocycles. The summed E-state index contributed by atoms with van der Waals surface area (Å²) in [5, 5.41) is 15.6. The van der Waals surface area contributed by atoms with E-state index in [2.05, 4.69) is 39.0 Å². The average molecular weight is 357 g/mol. The third kappa shape index (κ3) is 3.86. The largest absolute Gasteiger partial charge is 0.349 e. The standard InChI is InChI=1S/C18H23N5OS/c1-12(14-7-6-13-4-2-3-5-15(13)10-14)19-17(24)11-25-18-20-21-22-23(18)16-8-9-16/h6-7,10,12,16H,2-5,8-9,11H2,1H3,(H,19,24)/t12-/m1/s1. The zero-order valence-corrected chi connectivity index (χ0v) is 15.3. The van der Waals surface area contributed by atoms with E-state index in [1.807, 2.05) is 11.6 Å². The molecule has 25 heavy (non-hydrogen) atoms. The Morgan fingerprint density at radius 2 is 2.12 bits per heavy atom. The van der Waals surface area contributed by atoms with Crippen LogP contribution in [-0.4, -0.2) is 31.9 Å². The van der Waals surface area contributed by atoms with Gasteiger partial charge in [-0.1, -0.05) is 30.0 Å². The van der Waals surface area contributed by atoms with Crippen LogP contribution in [0.3, 0.4) is 0 Å². The van der Waals surface area contributed by atoms with Gasteiger partial charge in [0.25, 0.3) is 0 Å². The van der Waals surface area contributed by atoms with Crippen LogP contribution < -0.4 is 5.32 Å². The second kappa shape index (κ2) is 7.15. The SMILES string of the molecule is C[C@@H](NC(=O)CSc1nnnn1C1CC1)c1ccc2c(c1)CCCC2. The summed E-state index contributed by atoms with van der Waals surface area (Å²) in [7, 11) is 0. The summed E-state index contributed by atoms with van der Waals surface area (Å²) in [5.74, 6) is 0.350. The fourth-order valence-electron chi connectivity index (χ4n) is 3.35. The van der Waals surface area contributed by atoms with Gasteiger partial charge in [-0.05, 0) is 72.6 Å². The highest BCUT2D eigenvalue weighted by Crippen LogP contribution is 2.36. The highest BCUT2D eigenvalue weighted by molar-refractivity contribution is 7.99. The van der Waals surface area contributed by atoms with Crippen LogP contribution in [0.15, 0.2) is 23.4 Å². The maximum absolute atomic E-state index is 12.3. The van der Waals surface area contributed by atoms with Gasteiger partial charge < -0.3 is 5.32 Å². The Hall–Kier alpha value is -1.89. The maximum atomic E-state index is 12.3. The highest BCUT2D eigenvalue weighted by Gasteiger charge is 2.28. The molecule has 4 rings (SSSR count). The smallest absolute Gasteiger partial charge is 0.230 e. The van der Waals surface area contributed by atoms with Crippen LogP contribution in [-0.2, 0) is 17.6 Å². The Balaban J connectivity index is 1.33. The van der Waals surface area contributed by atoms with Crippen molar-refractivity contribution < 1.29 is 4.79 Å². The summed E-state index contributed by atoms with van der Waals surface area (Å²) in [4.78, 5) is 12.3. The fourth-order valence-corrected chi connectivity index (χ4v) is 4.10. The molecular weight excluding hydrogens is 334 g/mol. The van der Waals surface area contributed by atoms with Crippen molar-refractivity contribution in [2.45, 2.75) is 62.7 Å². The first-order valence-electron chi connectivity index (χ1n) is 9.02. The normalized spacial score (nSPS) is 17.8. The topological polar surface area (TPSA) is 72.7 Å². The Bertz CT molecular complexity index is 771. The number of aryl methyl sites for hydroxylation is 2. The van der Waals surface area contributed by atoms with E-state index in [1.54, 1.807) is 0 Å². The Morgan fingerprint density at radius 3 is 2.92 bits per heavy atom. The molecule has 1 aromatic carbocycles. The second-order valence-corrected chi connectivity index (χ2v) is 7.89. The highest BCUT2D eigenvalue weighted by atomic mass is 32.2. The van der Waals surface area contributed by atoms with Gasteiger partial charge in [-0.25, -0.2) is 4.68 Å². The molecule has 0 unspecified atom stereocenters. The molecule has 0 spiro atoms. The molecule has 1 N–H and O–H groups in total. The van der Waals surface area contributed by atoms with E-state index in [0.717, 1.165) is 24.4 Å². The van der Waals surface area contributed by atoms with Crippen LogP contribution in [0, 0.1) is 0 Å². The lowest BCUT2D eigenvalue weighted by Crippen LogP contribution is -2.28. The van der Waals surface area contributed by atoms with E-state index < -0.39 is 0 Å². The average Bonchev–Trinajstić information content (AvgIpc) is 3.37. The third-order valence-electron chi connectivity index (χ3n) is 4.94. The molecule has 2 aliphatic rings. The van der Waals surface area contributed by atoms with E-state index in [-0.39, 0.29) is 11.9 Å². The van der Waals surface area contributed by atoms with Crippen molar-refractivity contribution in [1.29, 1.82) is 0 Å². The number of hydrogen-bond donors (Lipinski definition) is 1. The minimum absolute atomic E-state index is 0.0137.